The van der Waals surface area contributed by atoms with Crippen LogP contribution in [0, 0.1) is 0 Å². The van der Waals surface area contributed by atoms with Crippen LogP contribution in [0.1, 0.15) is 37.3 Å². The standard InChI is InChI=1S/C28H26O8/c1-15(2)35-20-12-8-7-11-17(20)18(13-22(30)34-3)23-25(31)27(33)26(32)24-19(29)14-21(36-28(23)24)16-9-5-4-6-10-16/h4-12,14-15,18,31-33H,13H2,1-3H3/t18-/m1/s1. The van der Waals surface area contributed by atoms with Crippen molar-refractivity contribution in [3.63, 3.8) is 0 Å². The second-order valence-electron chi connectivity index (χ2n) is 8.54. The lowest BCUT2D eigenvalue weighted by Gasteiger charge is -2.23. The van der Waals surface area contributed by atoms with Crippen LogP contribution in [0.2, 0.25) is 0 Å². The van der Waals surface area contributed by atoms with E-state index >= 15 is 0 Å². The van der Waals surface area contributed by atoms with Crippen LogP contribution >= 0.6 is 0 Å². The number of methoxy groups -OCH3 is 1. The van der Waals surface area contributed by atoms with Gasteiger partial charge in [-0.15, -0.1) is 0 Å². The van der Waals surface area contributed by atoms with Crippen molar-refractivity contribution in [3.8, 4) is 34.3 Å². The molecule has 0 aliphatic rings. The van der Waals surface area contributed by atoms with Crippen molar-refractivity contribution in [2.45, 2.75) is 32.3 Å². The molecule has 1 aromatic heterocycles. The molecule has 8 heteroatoms. The molecule has 4 aromatic rings. The Hall–Kier alpha value is -4.46. The minimum atomic E-state index is -0.962. The van der Waals surface area contributed by atoms with E-state index in [9.17, 15) is 24.9 Å². The fourth-order valence-corrected chi connectivity index (χ4v) is 4.19. The highest BCUT2D eigenvalue weighted by Crippen LogP contribution is 2.50. The molecule has 0 bridgehead atoms. The van der Waals surface area contributed by atoms with Crippen LogP contribution in [-0.2, 0) is 9.53 Å². The molecule has 8 nitrogen and oxygen atoms in total. The van der Waals surface area contributed by atoms with Crippen LogP contribution in [-0.4, -0.2) is 34.5 Å². The quantitative estimate of drug-likeness (QED) is 0.242. The van der Waals surface area contributed by atoms with E-state index in [0.29, 0.717) is 16.9 Å². The van der Waals surface area contributed by atoms with Gasteiger partial charge in [-0.25, -0.2) is 0 Å². The number of aromatic hydroxyl groups is 3. The molecule has 0 fully saturated rings. The average Bonchev–Trinajstić information content (AvgIpc) is 2.87. The van der Waals surface area contributed by atoms with E-state index in [1.54, 1.807) is 48.5 Å². The maximum absolute atomic E-state index is 13.1. The zero-order valence-electron chi connectivity index (χ0n) is 20.0. The molecule has 0 aliphatic heterocycles. The third-order valence-corrected chi connectivity index (χ3v) is 5.80. The maximum Gasteiger partial charge on any atom is 0.306 e. The van der Waals surface area contributed by atoms with Crippen molar-refractivity contribution in [2.75, 3.05) is 7.11 Å². The summed E-state index contributed by atoms with van der Waals surface area (Å²) < 4.78 is 16.9. The summed E-state index contributed by atoms with van der Waals surface area (Å²) >= 11 is 0. The highest BCUT2D eigenvalue weighted by Gasteiger charge is 2.32. The Balaban J connectivity index is 2.10. The van der Waals surface area contributed by atoms with Crippen molar-refractivity contribution >= 4 is 16.9 Å². The van der Waals surface area contributed by atoms with Crippen LogP contribution in [0.4, 0.5) is 0 Å². The lowest BCUT2D eigenvalue weighted by Crippen LogP contribution is -2.15. The minimum absolute atomic E-state index is 0.0552. The largest absolute Gasteiger partial charge is 0.504 e. The number of phenols is 3. The number of carbonyl (C=O) groups is 1. The van der Waals surface area contributed by atoms with Crippen molar-refractivity contribution in [1.82, 2.24) is 0 Å². The number of hydrogen-bond donors (Lipinski definition) is 3. The average molecular weight is 491 g/mol. The molecule has 186 valence electrons. The number of hydrogen-bond acceptors (Lipinski definition) is 8. The smallest absolute Gasteiger partial charge is 0.306 e. The number of benzene rings is 3. The van der Waals surface area contributed by atoms with E-state index in [2.05, 4.69) is 0 Å². The third-order valence-electron chi connectivity index (χ3n) is 5.80. The molecule has 3 aromatic carbocycles. The molecule has 36 heavy (non-hydrogen) atoms. The van der Waals surface area contributed by atoms with Gasteiger partial charge in [0.2, 0.25) is 5.75 Å². The second kappa shape index (κ2) is 10.0. The summed E-state index contributed by atoms with van der Waals surface area (Å²) in [4.78, 5) is 25.6. The van der Waals surface area contributed by atoms with Crippen LogP contribution in [0.3, 0.4) is 0 Å². The fraction of sp³-hybridized carbons (Fsp3) is 0.214. The van der Waals surface area contributed by atoms with Gasteiger partial charge in [-0.3, -0.25) is 9.59 Å². The molecule has 0 amide bonds. The van der Waals surface area contributed by atoms with Gasteiger partial charge in [0.05, 0.1) is 19.6 Å². The van der Waals surface area contributed by atoms with E-state index in [0.717, 1.165) is 0 Å². The van der Waals surface area contributed by atoms with E-state index in [1.165, 1.54) is 13.2 Å². The number of esters is 1. The van der Waals surface area contributed by atoms with Gasteiger partial charge in [-0.1, -0.05) is 48.5 Å². The Morgan fingerprint density at radius 2 is 1.61 bits per heavy atom. The number of phenolic OH excluding ortho intramolecular Hbond substituents is 3. The van der Waals surface area contributed by atoms with E-state index in [1.807, 2.05) is 19.9 Å². The summed E-state index contributed by atoms with van der Waals surface area (Å²) in [6.45, 7) is 3.69. The molecule has 0 radical (unpaired) electrons. The summed E-state index contributed by atoms with van der Waals surface area (Å²) in [5.74, 6) is -3.39. The first-order valence-corrected chi connectivity index (χ1v) is 11.3. The minimum Gasteiger partial charge on any atom is -0.504 e. The Kier molecular flexibility index (Phi) is 6.87. The summed E-state index contributed by atoms with van der Waals surface area (Å²) in [6, 6.07) is 16.9. The van der Waals surface area contributed by atoms with Crippen molar-refractivity contribution < 1.29 is 34.0 Å². The summed E-state index contributed by atoms with van der Waals surface area (Å²) in [7, 11) is 1.23. The fourth-order valence-electron chi connectivity index (χ4n) is 4.19. The Labute approximate surface area is 207 Å². The maximum atomic E-state index is 13.1. The van der Waals surface area contributed by atoms with E-state index < -0.39 is 34.6 Å². The van der Waals surface area contributed by atoms with Crippen LogP contribution in [0.5, 0.6) is 23.0 Å². The van der Waals surface area contributed by atoms with Crippen LogP contribution < -0.4 is 10.2 Å². The molecule has 0 spiro atoms. The predicted molar refractivity (Wildman–Crippen MR) is 134 cm³/mol. The summed E-state index contributed by atoms with van der Waals surface area (Å²) in [5, 5.41) is 31.9. The van der Waals surface area contributed by atoms with Gasteiger partial charge in [0.15, 0.2) is 16.9 Å². The monoisotopic (exact) mass is 490 g/mol. The zero-order valence-corrected chi connectivity index (χ0v) is 20.0. The number of ether oxygens (including phenoxy) is 2. The molecular formula is C28H26O8. The van der Waals surface area contributed by atoms with Crippen LogP contribution in [0.25, 0.3) is 22.3 Å². The SMILES string of the molecule is COC(=O)C[C@H](c1ccccc1OC(C)C)c1c(O)c(O)c(O)c2c(=O)cc(-c3ccccc3)oc12. The topological polar surface area (TPSA) is 126 Å². The van der Waals surface area contributed by atoms with Crippen molar-refractivity contribution in [2.24, 2.45) is 0 Å². The molecule has 0 unspecified atom stereocenters. The number of para-hydroxylation sites is 1. The highest BCUT2D eigenvalue weighted by atomic mass is 16.5. The van der Waals surface area contributed by atoms with Gasteiger partial charge >= 0.3 is 5.97 Å². The molecule has 1 heterocycles. The van der Waals surface area contributed by atoms with E-state index in [4.69, 9.17) is 13.9 Å². The predicted octanol–water partition coefficient (Wildman–Crippen LogP) is 5.06. The molecule has 3 N–H and O–H groups in total. The van der Waals surface area contributed by atoms with Gasteiger partial charge in [0, 0.05) is 28.7 Å². The first-order valence-electron chi connectivity index (χ1n) is 11.3. The van der Waals surface area contributed by atoms with Gasteiger partial charge in [-0.2, -0.15) is 0 Å². The molecule has 1 atom stereocenters. The summed E-state index contributed by atoms with van der Waals surface area (Å²) in [6.07, 6.45) is -0.479. The van der Waals surface area contributed by atoms with Gasteiger partial charge in [0.25, 0.3) is 0 Å². The Morgan fingerprint density at radius 1 is 0.944 bits per heavy atom. The summed E-state index contributed by atoms with van der Waals surface area (Å²) in [5.41, 5.74) is 0.226. The molecule has 0 aliphatic carbocycles. The van der Waals surface area contributed by atoms with Crippen molar-refractivity contribution in [3.05, 3.63) is 82.0 Å². The first-order chi connectivity index (χ1) is 17.2. The number of rotatable bonds is 7. The van der Waals surface area contributed by atoms with Crippen molar-refractivity contribution in [1.29, 1.82) is 0 Å². The van der Waals surface area contributed by atoms with Gasteiger partial charge in [-0.05, 0) is 19.9 Å². The lowest BCUT2D eigenvalue weighted by molar-refractivity contribution is -0.140. The highest BCUT2D eigenvalue weighted by molar-refractivity contribution is 5.93. The normalized spacial score (nSPS) is 12.0. The number of fused-ring (bicyclic) bond motifs is 1. The first kappa shape index (κ1) is 24.7. The van der Waals surface area contributed by atoms with Gasteiger partial charge < -0.3 is 29.2 Å². The van der Waals surface area contributed by atoms with Gasteiger partial charge in [0.1, 0.15) is 22.5 Å². The van der Waals surface area contributed by atoms with E-state index in [-0.39, 0.29) is 34.8 Å². The Morgan fingerprint density at radius 3 is 2.28 bits per heavy atom. The third kappa shape index (κ3) is 4.57. The molecule has 0 saturated heterocycles. The second-order valence-corrected chi connectivity index (χ2v) is 8.54. The molecule has 0 saturated carbocycles. The Bertz CT molecular complexity index is 1470. The molecular weight excluding hydrogens is 464 g/mol. The lowest BCUT2D eigenvalue weighted by atomic mass is 9.85. The zero-order chi connectivity index (χ0) is 26.0. The van der Waals surface area contributed by atoms with Crippen LogP contribution in [0.15, 0.2) is 69.9 Å². The number of carbonyl (C=O) groups excluding carboxylic acids is 1. The molecule has 4 rings (SSSR count).